The van der Waals surface area contributed by atoms with Gasteiger partial charge in [-0.25, -0.2) is 0 Å². The molecule has 222 valence electrons. The van der Waals surface area contributed by atoms with Crippen LogP contribution in [0, 0.1) is 0 Å². The number of hydrogen-bond donors (Lipinski definition) is 1. The third kappa shape index (κ3) is 7.63. The summed E-state index contributed by atoms with van der Waals surface area (Å²) in [4.78, 5) is 26.7. The minimum absolute atomic E-state index is 0.00174. The number of methoxy groups -OCH3 is 1. The van der Waals surface area contributed by atoms with Gasteiger partial charge in [0.2, 0.25) is 5.75 Å². The number of aromatic hydroxyl groups is 1. The van der Waals surface area contributed by atoms with Crippen molar-refractivity contribution < 1.29 is 33.6 Å². The zero-order valence-corrected chi connectivity index (χ0v) is 24.3. The summed E-state index contributed by atoms with van der Waals surface area (Å²) in [5.74, 6) is -0.464. The summed E-state index contributed by atoms with van der Waals surface area (Å²) < 4.78 is 23.5. The third-order valence-corrected chi connectivity index (χ3v) is 6.87. The van der Waals surface area contributed by atoms with Crippen LogP contribution < -0.4 is 18.9 Å². The Morgan fingerprint density at radius 3 is 1.61 bits per heavy atom. The van der Waals surface area contributed by atoms with E-state index in [1.54, 1.807) is 24.3 Å². The second kappa shape index (κ2) is 14.6. The van der Waals surface area contributed by atoms with E-state index in [9.17, 15) is 14.7 Å². The molecule has 0 atom stereocenters. The smallest absolute Gasteiger partial charge is 0.204 e. The minimum atomic E-state index is -0.618. The average molecular weight is 589 g/mol. The van der Waals surface area contributed by atoms with Crippen LogP contribution in [0.3, 0.4) is 0 Å². The van der Waals surface area contributed by atoms with Crippen molar-refractivity contribution in [2.75, 3.05) is 7.11 Å². The molecule has 0 bridgehead atoms. The lowest BCUT2D eigenvalue weighted by atomic mass is 9.99. The quantitative estimate of drug-likeness (QED) is 0.106. The maximum atomic E-state index is 13.6. The number of benzene rings is 5. The van der Waals surface area contributed by atoms with Crippen LogP contribution in [0.2, 0.25) is 0 Å². The topological polar surface area (TPSA) is 91.3 Å². The van der Waals surface area contributed by atoms with E-state index in [0.29, 0.717) is 17.9 Å². The summed E-state index contributed by atoms with van der Waals surface area (Å²) in [5.41, 5.74) is 2.96. The van der Waals surface area contributed by atoms with E-state index < -0.39 is 18.0 Å². The Morgan fingerprint density at radius 1 is 0.591 bits per heavy atom. The van der Waals surface area contributed by atoms with Gasteiger partial charge in [-0.05, 0) is 41.0 Å². The maximum Gasteiger partial charge on any atom is 0.204 e. The highest BCUT2D eigenvalue weighted by Crippen LogP contribution is 2.46. The normalized spacial score (nSPS) is 10.6. The van der Waals surface area contributed by atoms with E-state index >= 15 is 0 Å². The van der Waals surface area contributed by atoms with Crippen molar-refractivity contribution in [3.05, 3.63) is 149 Å². The molecule has 0 amide bonds. The van der Waals surface area contributed by atoms with E-state index in [4.69, 9.17) is 18.9 Å². The highest BCUT2D eigenvalue weighted by Gasteiger charge is 2.28. The molecule has 0 radical (unpaired) electrons. The molecule has 0 aliphatic carbocycles. The van der Waals surface area contributed by atoms with Crippen LogP contribution in [0.25, 0.3) is 0 Å². The minimum Gasteiger partial charge on any atom is -0.507 e. The van der Waals surface area contributed by atoms with Gasteiger partial charge in [0.1, 0.15) is 36.9 Å². The number of ketones is 2. The van der Waals surface area contributed by atoms with Crippen molar-refractivity contribution in [3.63, 3.8) is 0 Å². The summed E-state index contributed by atoms with van der Waals surface area (Å²) in [7, 11) is 1.43. The summed E-state index contributed by atoms with van der Waals surface area (Å²) in [6, 6.07) is 36.6. The molecule has 0 aliphatic heterocycles. The predicted octanol–water partition coefficient (Wildman–Crippen LogP) is 7.59. The molecule has 0 aliphatic rings. The van der Waals surface area contributed by atoms with Crippen LogP contribution in [-0.4, -0.2) is 23.8 Å². The SMILES string of the molecule is COc1c(OCc2ccccc2)cc(O)c(C(=O)CC(=O)c2ccc(OCc3ccccc3)cc2)c1OCc1ccccc1. The van der Waals surface area contributed by atoms with Crippen molar-refractivity contribution in [3.8, 4) is 28.7 Å². The molecule has 0 saturated heterocycles. The first-order chi connectivity index (χ1) is 21.5. The van der Waals surface area contributed by atoms with Crippen LogP contribution in [0.15, 0.2) is 121 Å². The van der Waals surface area contributed by atoms with E-state index in [2.05, 4.69) is 0 Å². The van der Waals surface area contributed by atoms with Crippen LogP contribution >= 0.6 is 0 Å². The van der Waals surface area contributed by atoms with Crippen molar-refractivity contribution >= 4 is 11.6 Å². The van der Waals surface area contributed by atoms with Crippen molar-refractivity contribution in [1.29, 1.82) is 0 Å². The van der Waals surface area contributed by atoms with Crippen molar-refractivity contribution in [2.45, 2.75) is 26.2 Å². The first kappa shape index (κ1) is 29.9. The fourth-order valence-electron chi connectivity index (χ4n) is 4.59. The molecule has 0 fully saturated rings. The fraction of sp³-hybridized carbons (Fsp3) is 0.135. The maximum absolute atomic E-state index is 13.6. The molecule has 5 rings (SSSR count). The number of ether oxygens (including phenoxy) is 4. The van der Waals surface area contributed by atoms with Gasteiger partial charge >= 0.3 is 0 Å². The number of hydrogen-bond acceptors (Lipinski definition) is 7. The molecule has 0 unspecified atom stereocenters. The van der Waals surface area contributed by atoms with Crippen LogP contribution in [0.5, 0.6) is 28.7 Å². The molecule has 7 heteroatoms. The number of Topliss-reactive ketones (excluding diaryl/α,β-unsaturated/α-hetero) is 2. The molecule has 7 nitrogen and oxygen atoms in total. The number of phenols is 1. The van der Waals surface area contributed by atoms with Gasteiger partial charge in [0.15, 0.2) is 23.1 Å². The van der Waals surface area contributed by atoms with Crippen LogP contribution in [0.1, 0.15) is 43.8 Å². The van der Waals surface area contributed by atoms with Gasteiger partial charge < -0.3 is 24.1 Å². The lowest BCUT2D eigenvalue weighted by molar-refractivity contribution is 0.0890. The molecule has 0 aromatic heterocycles. The Morgan fingerprint density at radius 2 is 1.09 bits per heavy atom. The Balaban J connectivity index is 1.36. The van der Waals surface area contributed by atoms with E-state index in [1.165, 1.54) is 13.2 Å². The molecule has 0 saturated carbocycles. The molecular weight excluding hydrogens is 556 g/mol. The van der Waals surface area contributed by atoms with Crippen molar-refractivity contribution in [1.82, 2.24) is 0 Å². The van der Waals surface area contributed by atoms with Gasteiger partial charge in [0.25, 0.3) is 0 Å². The number of carbonyl (C=O) groups is 2. The van der Waals surface area contributed by atoms with Crippen LogP contribution in [-0.2, 0) is 19.8 Å². The molecule has 5 aromatic carbocycles. The number of phenolic OH excluding ortho intramolecular Hbond substituents is 1. The Bertz CT molecular complexity index is 1680. The molecule has 44 heavy (non-hydrogen) atoms. The molecular formula is C37H32O7. The van der Waals surface area contributed by atoms with E-state index in [-0.39, 0.29) is 41.8 Å². The van der Waals surface area contributed by atoms with Gasteiger partial charge in [-0.1, -0.05) is 91.0 Å². The van der Waals surface area contributed by atoms with E-state index in [0.717, 1.165) is 16.7 Å². The second-order valence-corrected chi connectivity index (χ2v) is 10.0. The summed E-state index contributed by atoms with van der Waals surface area (Å²) >= 11 is 0. The lowest BCUT2D eigenvalue weighted by Crippen LogP contribution is -2.12. The lowest BCUT2D eigenvalue weighted by Gasteiger charge is -2.19. The fourth-order valence-corrected chi connectivity index (χ4v) is 4.59. The summed E-state index contributed by atoms with van der Waals surface area (Å²) in [6.45, 7) is 0.688. The van der Waals surface area contributed by atoms with Gasteiger partial charge in [-0.15, -0.1) is 0 Å². The van der Waals surface area contributed by atoms with Crippen molar-refractivity contribution in [2.24, 2.45) is 0 Å². The Hall–Kier alpha value is -5.56. The average Bonchev–Trinajstić information content (AvgIpc) is 3.06. The first-order valence-corrected chi connectivity index (χ1v) is 14.1. The standard InChI is InChI=1S/C37H32O7/c1-41-36-34(43-24-27-13-7-3-8-14-27)22-33(40)35(37(36)44-25-28-15-9-4-10-16-28)32(39)21-31(38)29-17-19-30(20-18-29)42-23-26-11-5-2-6-12-26/h2-20,22,40H,21,23-25H2,1H3. The summed E-state index contributed by atoms with van der Waals surface area (Å²) in [5, 5.41) is 11.1. The highest BCUT2D eigenvalue weighted by molar-refractivity contribution is 6.16. The van der Waals surface area contributed by atoms with Gasteiger partial charge in [-0.3, -0.25) is 9.59 Å². The Kier molecular flexibility index (Phi) is 9.90. The monoisotopic (exact) mass is 588 g/mol. The van der Waals surface area contributed by atoms with Gasteiger partial charge in [0.05, 0.1) is 13.5 Å². The number of rotatable bonds is 14. The highest BCUT2D eigenvalue weighted by atomic mass is 16.5. The molecule has 0 heterocycles. The summed E-state index contributed by atoms with van der Waals surface area (Å²) in [6.07, 6.45) is -0.493. The predicted molar refractivity (Wildman–Crippen MR) is 167 cm³/mol. The van der Waals surface area contributed by atoms with E-state index in [1.807, 2.05) is 91.0 Å². The van der Waals surface area contributed by atoms with Gasteiger partial charge in [0, 0.05) is 11.6 Å². The molecule has 5 aromatic rings. The second-order valence-electron chi connectivity index (χ2n) is 10.0. The largest absolute Gasteiger partial charge is 0.507 e. The zero-order valence-electron chi connectivity index (χ0n) is 24.3. The van der Waals surface area contributed by atoms with Crippen LogP contribution in [0.4, 0.5) is 0 Å². The molecule has 1 N–H and O–H groups in total. The van der Waals surface area contributed by atoms with Gasteiger partial charge in [-0.2, -0.15) is 0 Å². The zero-order chi connectivity index (χ0) is 30.7. The number of carbonyl (C=O) groups excluding carboxylic acids is 2. The first-order valence-electron chi connectivity index (χ1n) is 14.1. The molecule has 0 spiro atoms. The Labute approximate surface area is 256 Å². The third-order valence-electron chi connectivity index (χ3n) is 6.87.